The molecular weight excluding hydrogens is 420 g/mol. The van der Waals surface area contributed by atoms with Crippen molar-refractivity contribution in [3.8, 4) is 0 Å². The van der Waals surface area contributed by atoms with Crippen molar-refractivity contribution in [3.05, 3.63) is 30.0 Å². The fourth-order valence-electron chi connectivity index (χ4n) is 4.41. The Morgan fingerprint density at radius 1 is 1.24 bits per heavy atom. The number of hydrogen-bond acceptors (Lipinski definition) is 6. The molecule has 8 heteroatoms. The SMILES string of the molecule is CCCC(C(=O)NC=O)c1nn(C2CCN(CC(=O)OC(C)(C)CC)CC2)c2ccccc12. The molecule has 1 aromatic carbocycles. The van der Waals surface area contributed by atoms with Gasteiger partial charge in [0.2, 0.25) is 12.3 Å². The molecule has 2 amide bonds. The molecule has 2 heterocycles. The van der Waals surface area contributed by atoms with E-state index in [2.05, 4.69) is 10.2 Å². The smallest absolute Gasteiger partial charge is 0.320 e. The van der Waals surface area contributed by atoms with Gasteiger partial charge in [0.1, 0.15) is 5.60 Å². The van der Waals surface area contributed by atoms with Crippen LogP contribution in [0.25, 0.3) is 10.9 Å². The lowest BCUT2D eigenvalue weighted by atomic mass is 9.96. The molecule has 1 aliphatic rings. The second-order valence-corrected chi connectivity index (χ2v) is 9.41. The molecule has 33 heavy (non-hydrogen) atoms. The Morgan fingerprint density at radius 2 is 1.94 bits per heavy atom. The molecule has 1 N–H and O–H groups in total. The van der Waals surface area contributed by atoms with Gasteiger partial charge in [-0.05, 0) is 45.6 Å². The van der Waals surface area contributed by atoms with Gasteiger partial charge in [0.05, 0.1) is 29.7 Å². The maximum absolute atomic E-state index is 12.6. The number of para-hydroxylation sites is 1. The molecular formula is C25H36N4O4. The molecule has 0 bridgehead atoms. The monoisotopic (exact) mass is 456 g/mol. The summed E-state index contributed by atoms with van der Waals surface area (Å²) >= 11 is 0. The summed E-state index contributed by atoms with van der Waals surface area (Å²) in [4.78, 5) is 37.9. The van der Waals surface area contributed by atoms with Crippen molar-refractivity contribution in [2.75, 3.05) is 19.6 Å². The van der Waals surface area contributed by atoms with Crippen molar-refractivity contribution in [2.45, 2.75) is 77.4 Å². The number of rotatable bonds is 10. The first kappa shape index (κ1) is 24.9. The number of benzene rings is 1. The topological polar surface area (TPSA) is 93.5 Å². The van der Waals surface area contributed by atoms with Crippen LogP contribution in [-0.2, 0) is 19.1 Å². The second kappa shape index (κ2) is 10.9. The first-order valence-corrected chi connectivity index (χ1v) is 11.9. The predicted octanol–water partition coefficient (Wildman–Crippen LogP) is 3.56. The van der Waals surface area contributed by atoms with Crippen LogP contribution < -0.4 is 5.32 Å². The summed E-state index contributed by atoms with van der Waals surface area (Å²) in [5.74, 6) is -0.968. The Labute approximate surface area is 195 Å². The normalized spacial score (nSPS) is 16.5. The van der Waals surface area contributed by atoms with E-state index in [1.807, 2.05) is 56.6 Å². The molecule has 0 aliphatic carbocycles. The average Bonchev–Trinajstić information content (AvgIpc) is 3.17. The molecule has 1 aromatic heterocycles. The van der Waals surface area contributed by atoms with Gasteiger partial charge in [-0.2, -0.15) is 5.10 Å². The lowest BCUT2D eigenvalue weighted by Crippen LogP contribution is -2.40. The van der Waals surface area contributed by atoms with E-state index in [0.717, 1.165) is 55.4 Å². The number of nitrogens with one attached hydrogen (secondary N) is 1. The van der Waals surface area contributed by atoms with E-state index < -0.39 is 11.5 Å². The summed E-state index contributed by atoms with van der Waals surface area (Å²) in [7, 11) is 0. The third-order valence-electron chi connectivity index (χ3n) is 6.56. The number of piperidine rings is 1. The number of hydrogen-bond donors (Lipinski definition) is 1. The third-order valence-corrected chi connectivity index (χ3v) is 6.56. The first-order valence-electron chi connectivity index (χ1n) is 11.9. The minimum absolute atomic E-state index is 0.180. The van der Waals surface area contributed by atoms with Crippen LogP contribution in [0.4, 0.5) is 0 Å². The van der Waals surface area contributed by atoms with Crippen LogP contribution in [0.1, 0.15) is 77.5 Å². The standard InChI is InChI=1S/C25H36N4O4/c1-5-9-20(24(32)26-17-30)23-19-10-7-8-11-21(19)29(27-23)18-12-14-28(15-13-18)16-22(31)33-25(3,4)6-2/h7-8,10-11,17-18,20H,5-6,9,12-16H2,1-4H3,(H,26,30,32). The van der Waals surface area contributed by atoms with Crippen molar-refractivity contribution in [1.29, 1.82) is 0 Å². The molecule has 0 radical (unpaired) electrons. The molecule has 1 unspecified atom stereocenters. The van der Waals surface area contributed by atoms with Crippen molar-refractivity contribution < 1.29 is 19.1 Å². The number of aromatic nitrogens is 2. The van der Waals surface area contributed by atoms with Crippen LogP contribution in [0.3, 0.4) is 0 Å². The predicted molar refractivity (Wildman–Crippen MR) is 127 cm³/mol. The van der Waals surface area contributed by atoms with Crippen molar-refractivity contribution in [3.63, 3.8) is 0 Å². The summed E-state index contributed by atoms with van der Waals surface area (Å²) in [6.45, 7) is 9.74. The van der Waals surface area contributed by atoms with Gasteiger partial charge in [-0.25, -0.2) is 0 Å². The molecule has 0 spiro atoms. The molecule has 0 saturated carbocycles. The summed E-state index contributed by atoms with van der Waals surface area (Å²) in [6.07, 6.45) is 4.35. The minimum atomic E-state index is -0.469. The molecule has 1 saturated heterocycles. The number of esters is 1. The zero-order chi connectivity index (χ0) is 24.0. The van der Waals surface area contributed by atoms with Gasteiger partial charge in [0.15, 0.2) is 0 Å². The van der Waals surface area contributed by atoms with Gasteiger partial charge < -0.3 is 4.74 Å². The van der Waals surface area contributed by atoms with E-state index >= 15 is 0 Å². The zero-order valence-electron chi connectivity index (χ0n) is 20.2. The van der Waals surface area contributed by atoms with Crippen LogP contribution in [0, 0.1) is 0 Å². The molecule has 1 atom stereocenters. The summed E-state index contributed by atoms with van der Waals surface area (Å²) in [5.41, 5.74) is 1.28. The van der Waals surface area contributed by atoms with E-state index in [4.69, 9.17) is 9.84 Å². The summed E-state index contributed by atoms with van der Waals surface area (Å²) in [6, 6.07) is 8.13. The van der Waals surface area contributed by atoms with E-state index in [0.29, 0.717) is 19.4 Å². The highest BCUT2D eigenvalue weighted by Crippen LogP contribution is 2.33. The lowest BCUT2D eigenvalue weighted by Gasteiger charge is -2.32. The average molecular weight is 457 g/mol. The van der Waals surface area contributed by atoms with Crippen LogP contribution >= 0.6 is 0 Å². The molecule has 1 fully saturated rings. The van der Waals surface area contributed by atoms with Gasteiger partial charge in [0, 0.05) is 18.5 Å². The Bertz CT molecular complexity index is 976. The Morgan fingerprint density at radius 3 is 2.58 bits per heavy atom. The fraction of sp³-hybridized carbons (Fsp3) is 0.600. The van der Waals surface area contributed by atoms with Crippen LogP contribution in [-0.4, -0.2) is 58.2 Å². The van der Waals surface area contributed by atoms with Gasteiger partial charge in [0.25, 0.3) is 0 Å². The van der Waals surface area contributed by atoms with Gasteiger partial charge in [-0.15, -0.1) is 0 Å². The fourth-order valence-corrected chi connectivity index (χ4v) is 4.41. The number of fused-ring (bicyclic) bond motifs is 1. The highest BCUT2D eigenvalue weighted by Gasteiger charge is 2.30. The minimum Gasteiger partial charge on any atom is -0.459 e. The quantitative estimate of drug-likeness (QED) is 0.434. The number of ether oxygens (including phenoxy) is 1. The molecule has 1 aliphatic heterocycles. The third kappa shape index (κ3) is 5.99. The largest absolute Gasteiger partial charge is 0.459 e. The number of likely N-dealkylation sites (tertiary alicyclic amines) is 1. The Kier molecular flexibility index (Phi) is 8.24. The first-order chi connectivity index (χ1) is 15.8. The number of nitrogens with zero attached hydrogens (tertiary/aromatic N) is 3. The van der Waals surface area contributed by atoms with E-state index in [-0.39, 0.29) is 17.9 Å². The van der Waals surface area contributed by atoms with Crippen molar-refractivity contribution >= 4 is 29.2 Å². The van der Waals surface area contributed by atoms with E-state index in [9.17, 15) is 14.4 Å². The van der Waals surface area contributed by atoms with Crippen molar-refractivity contribution in [1.82, 2.24) is 20.0 Å². The number of amides is 2. The highest BCUT2D eigenvalue weighted by atomic mass is 16.6. The van der Waals surface area contributed by atoms with Gasteiger partial charge >= 0.3 is 5.97 Å². The van der Waals surface area contributed by atoms with E-state index in [1.165, 1.54) is 0 Å². The van der Waals surface area contributed by atoms with Crippen LogP contribution in [0.15, 0.2) is 24.3 Å². The number of carbonyl (C=O) groups is 3. The van der Waals surface area contributed by atoms with E-state index in [1.54, 1.807) is 0 Å². The highest BCUT2D eigenvalue weighted by molar-refractivity contribution is 5.95. The molecule has 180 valence electrons. The Hall–Kier alpha value is -2.74. The number of carbonyl (C=O) groups excluding carboxylic acids is 3. The summed E-state index contributed by atoms with van der Waals surface area (Å²) < 4.78 is 7.63. The van der Waals surface area contributed by atoms with Gasteiger partial charge in [-0.1, -0.05) is 38.5 Å². The van der Waals surface area contributed by atoms with Gasteiger partial charge in [-0.3, -0.25) is 29.3 Å². The Balaban J connectivity index is 1.76. The van der Waals surface area contributed by atoms with Crippen LogP contribution in [0.2, 0.25) is 0 Å². The molecule has 8 nitrogen and oxygen atoms in total. The van der Waals surface area contributed by atoms with Crippen LogP contribution in [0.5, 0.6) is 0 Å². The number of imide groups is 1. The second-order valence-electron chi connectivity index (χ2n) is 9.41. The zero-order valence-corrected chi connectivity index (χ0v) is 20.2. The summed E-state index contributed by atoms with van der Waals surface area (Å²) in [5, 5.41) is 8.17. The maximum atomic E-state index is 12.6. The molecule has 3 rings (SSSR count). The molecule has 2 aromatic rings. The van der Waals surface area contributed by atoms with Crippen molar-refractivity contribution in [2.24, 2.45) is 0 Å². The lowest BCUT2D eigenvalue weighted by molar-refractivity contribution is -0.158. The maximum Gasteiger partial charge on any atom is 0.320 e.